The van der Waals surface area contributed by atoms with Gasteiger partial charge in [-0.2, -0.15) is 5.10 Å². The van der Waals surface area contributed by atoms with Crippen molar-refractivity contribution in [3.8, 4) is 0 Å². The highest BCUT2D eigenvalue weighted by Gasteiger charge is 2.33. The number of carbonyl (C=O) groups excluding carboxylic acids is 1. The average Bonchev–Trinajstić information content (AvgIpc) is 2.89. The maximum absolute atomic E-state index is 12.3. The summed E-state index contributed by atoms with van der Waals surface area (Å²) in [6.07, 6.45) is 5.34. The van der Waals surface area contributed by atoms with Gasteiger partial charge in [0, 0.05) is 12.2 Å². The highest BCUT2D eigenvalue weighted by Crippen LogP contribution is 2.30. The first kappa shape index (κ1) is 11.1. The van der Waals surface area contributed by atoms with E-state index in [1.807, 2.05) is 24.0 Å². The number of nitrogens with one attached hydrogen (secondary N) is 1. The summed E-state index contributed by atoms with van der Waals surface area (Å²) in [6, 6.07) is 4.19. The Balaban J connectivity index is 1.78. The van der Waals surface area contributed by atoms with E-state index in [4.69, 9.17) is 4.42 Å². The van der Waals surface area contributed by atoms with Crippen molar-refractivity contribution in [1.29, 1.82) is 0 Å². The van der Waals surface area contributed by atoms with Gasteiger partial charge in [0.15, 0.2) is 0 Å². The number of rotatable bonds is 4. The number of hydrogen-bond donors (Lipinski definition) is 1. The van der Waals surface area contributed by atoms with Crippen molar-refractivity contribution in [2.45, 2.75) is 32.4 Å². The summed E-state index contributed by atoms with van der Waals surface area (Å²) in [6.45, 7) is 2.44. The van der Waals surface area contributed by atoms with Crippen LogP contribution in [-0.4, -0.2) is 27.0 Å². The molecule has 1 fully saturated rings. The number of amides is 1. The Labute approximate surface area is 105 Å². The lowest BCUT2D eigenvalue weighted by Gasteiger charge is -2.20. The molecular weight excluding hydrogens is 230 g/mol. The maximum atomic E-state index is 12.3. The van der Waals surface area contributed by atoms with Gasteiger partial charge in [0.05, 0.1) is 18.3 Å². The summed E-state index contributed by atoms with van der Waals surface area (Å²) >= 11 is 0. The highest BCUT2D eigenvalue weighted by atomic mass is 16.3. The van der Waals surface area contributed by atoms with Crippen LogP contribution in [0.3, 0.4) is 0 Å². The second kappa shape index (κ2) is 4.33. The second-order valence-electron chi connectivity index (χ2n) is 4.66. The number of aryl methyl sites for hydroxylation is 1. The molecule has 0 radical (unpaired) electrons. The molecule has 1 aliphatic carbocycles. The first-order valence-electron chi connectivity index (χ1n) is 6.09. The van der Waals surface area contributed by atoms with Crippen LogP contribution in [0.15, 0.2) is 28.9 Å². The van der Waals surface area contributed by atoms with Crippen LogP contribution in [0.2, 0.25) is 0 Å². The van der Waals surface area contributed by atoms with E-state index in [1.165, 1.54) is 0 Å². The summed E-state index contributed by atoms with van der Waals surface area (Å²) < 4.78 is 5.54. The Morgan fingerprint density at radius 3 is 2.94 bits per heavy atom. The smallest absolute Gasteiger partial charge is 0.257 e. The molecule has 1 aliphatic rings. The Bertz CT molecular complexity index is 540. The van der Waals surface area contributed by atoms with E-state index in [-0.39, 0.29) is 5.91 Å². The van der Waals surface area contributed by atoms with Gasteiger partial charge in [0.25, 0.3) is 5.91 Å². The molecule has 18 heavy (non-hydrogen) atoms. The summed E-state index contributed by atoms with van der Waals surface area (Å²) in [5, 5.41) is 6.49. The van der Waals surface area contributed by atoms with Gasteiger partial charge in [0.1, 0.15) is 11.5 Å². The predicted molar refractivity (Wildman–Crippen MR) is 64.9 cm³/mol. The Kier molecular flexibility index (Phi) is 2.66. The minimum absolute atomic E-state index is 0.0142. The van der Waals surface area contributed by atoms with Crippen molar-refractivity contribution in [1.82, 2.24) is 15.1 Å². The van der Waals surface area contributed by atoms with Gasteiger partial charge in [0.2, 0.25) is 0 Å². The summed E-state index contributed by atoms with van der Waals surface area (Å²) in [7, 11) is 0. The lowest BCUT2D eigenvalue weighted by atomic mass is 10.3. The van der Waals surface area contributed by atoms with Crippen molar-refractivity contribution in [3.05, 3.63) is 41.6 Å². The van der Waals surface area contributed by atoms with Gasteiger partial charge in [-0.15, -0.1) is 0 Å². The molecule has 0 saturated heterocycles. The molecule has 1 amide bonds. The summed E-state index contributed by atoms with van der Waals surface area (Å²) in [5.41, 5.74) is 0.602. The van der Waals surface area contributed by atoms with Crippen molar-refractivity contribution < 1.29 is 9.21 Å². The normalized spacial score (nSPS) is 14.7. The third-order valence-corrected chi connectivity index (χ3v) is 3.12. The first-order valence-corrected chi connectivity index (χ1v) is 6.09. The van der Waals surface area contributed by atoms with Crippen LogP contribution in [0.25, 0.3) is 0 Å². The van der Waals surface area contributed by atoms with Crippen molar-refractivity contribution >= 4 is 5.91 Å². The number of hydrogen-bond acceptors (Lipinski definition) is 3. The number of carbonyl (C=O) groups is 1. The molecule has 1 saturated carbocycles. The molecule has 0 unspecified atom stereocenters. The molecule has 94 valence electrons. The van der Waals surface area contributed by atoms with Gasteiger partial charge >= 0.3 is 0 Å². The van der Waals surface area contributed by atoms with Crippen molar-refractivity contribution in [2.24, 2.45) is 0 Å². The van der Waals surface area contributed by atoms with E-state index in [1.54, 1.807) is 12.4 Å². The molecular formula is C13H15N3O2. The van der Waals surface area contributed by atoms with E-state index in [2.05, 4.69) is 10.2 Å². The molecule has 5 nitrogen and oxygen atoms in total. The molecule has 3 rings (SSSR count). The number of furan rings is 1. The minimum atomic E-state index is 0.0142. The van der Waals surface area contributed by atoms with E-state index >= 15 is 0 Å². The van der Waals surface area contributed by atoms with Gasteiger partial charge in [-0.1, -0.05) is 0 Å². The van der Waals surface area contributed by atoms with E-state index < -0.39 is 0 Å². The van der Waals surface area contributed by atoms with E-state index in [0.29, 0.717) is 18.2 Å². The van der Waals surface area contributed by atoms with Crippen LogP contribution >= 0.6 is 0 Å². The zero-order chi connectivity index (χ0) is 12.5. The predicted octanol–water partition coefficient (Wildman–Crippen LogP) is 2.12. The lowest BCUT2D eigenvalue weighted by molar-refractivity contribution is 0.0717. The molecule has 5 heteroatoms. The summed E-state index contributed by atoms with van der Waals surface area (Å²) in [5.74, 6) is 1.72. The average molecular weight is 245 g/mol. The maximum Gasteiger partial charge on any atom is 0.257 e. The third-order valence-electron chi connectivity index (χ3n) is 3.12. The monoisotopic (exact) mass is 245 g/mol. The molecule has 0 bridgehead atoms. The third kappa shape index (κ3) is 2.16. The minimum Gasteiger partial charge on any atom is -0.464 e. The Morgan fingerprint density at radius 1 is 1.56 bits per heavy atom. The van der Waals surface area contributed by atoms with Crippen LogP contribution in [0, 0.1) is 6.92 Å². The Hall–Kier alpha value is -2.04. The molecule has 0 aliphatic heterocycles. The zero-order valence-corrected chi connectivity index (χ0v) is 10.2. The zero-order valence-electron chi connectivity index (χ0n) is 10.2. The largest absolute Gasteiger partial charge is 0.464 e. The van der Waals surface area contributed by atoms with Gasteiger partial charge in [-0.3, -0.25) is 9.89 Å². The van der Waals surface area contributed by atoms with Gasteiger partial charge in [-0.05, 0) is 31.9 Å². The second-order valence-corrected chi connectivity index (χ2v) is 4.66. The highest BCUT2D eigenvalue weighted by molar-refractivity contribution is 5.94. The number of H-pyrrole nitrogens is 1. The fourth-order valence-electron chi connectivity index (χ4n) is 2.02. The van der Waals surface area contributed by atoms with Crippen molar-refractivity contribution in [2.75, 3.05) is 0 Å². The molecule has 2 heterocycles. The van der Waals surface area contributed by atoms with Crippen LogP contribution in [-0.2, 0) is 6.54 Å². The molecule has 2 aromatic rings. The molecule has 0 spiro atoms. The summed E-state index contributed by atoms with van der Waals surface area (Å²) in [4.78, 5) is 14.2. The molecule has 1 N–H and O–H groups in total. The number of aromatic nitrogens is 2. The topological polar surface area (TPSA) is 62.1 Å². The van der Waals surface area contributed by atoms with Crippen LogP contribution < -0.4 is 0 Å². The molecule has 0 atom stereocenters. The standard InChI is InChI=1S/C13H15N3O2/c1-9-2-5-12(18-9)8-16(11-3-4-11)13(17)10-6-14-15-7-10/h2,5-7,11H,3-4,8H2,1H3,(H,14,15). The van der Waals surface area contributed by atoms with E-state index in [0.717, 1.165) is 24.4 Å². The number of aromatic amines is 1. The fourth-order valence-corrected chi connectivity index (χ4v) is 2.02. The van der Waals surface area contributed by atoms with Crippen molar-refractivity contribution in [3.63, 3.8) is 0 Å². The van der Waals surface area contributed by atoms with Crippen LogP contribution in [0.1, 0.15) is 34.7 Å². The van der Waals surface area contributed by atoms with Crippen LogP contribution in [0.4, 0.5) is 0 Å². The van der Waals surface area contributed by atoms with E-state index in [9.17, 15) is 4.79 Å². The SMILES string of the molecule is Cc1ccc(CN(C(=O)c2cn[nH]c2)C2CC2)o1. The first-order chi connectivity index (χ1) is 8.74. The Morgan fingerprint density at radius 2 is 2.39 bits per heavy atom. The lowest BCUT2D eigenvalue weighted by Crippen LogP contribution is -2.32. The fraction of sp³-hybridized carbons (Fsp3) is 0.385. The van der Waals surface area contributed by atoms with Gasteiger partial charge < -0.3 is 9.32 Å². The van der Waals surface area contributed by atoms with Gasteiger partial charge in [-0.25, -0.2) is 0 Å². The van der Waals surface area contributed by atoms with Crippen LogP contribution in [0.5, 0.6) is 0 Å². The number of nitrogens with zero attached hydrogens (tertiary/aromatic N) is 2. The molecule has 2 aromatic heterocycles. The quantitative estimate of drug-likeness (QED) is 0.897. The molecule has 0 aromatic carbocycles.